The van der Waals surface area contributed by atoms with Crippen molar-refractivity contribution in [3.8, 4) is 0 Å². The first-order valence-corrected chi connectivity index (χ1v) is 4.48. The monoisotopic (exact) mass is 202 g/mol. The van der Waals surface area contributed by atoms with Crippen LogP contribution in [0.3, 0.4) is 0 Å². The topological polar surface area (TPSA) is 72.6 Å². The molecular weight excluding hydrogens is 184 g/mol. The van der Waals surface area contributed by atoms with Gasteiger partial charge >= 0.3 is 5.97 Å². The number of hydrogen-bond acceptors (Lipinski definition) is 4. The SMILES string of the molecule is COC(=O)C(C)CN(C)C(=O)[C@H](C)N. The Bertz CT molecular complexity index is 216. The molecule has 2 atom stereocenters. The zero-order valence-corrected chi connectivity index (χ0v) is 9.11. The van der Waals surface area contributed by atoms with Crippen molar-refractivity contribution in [3.63, 3.8) is 0 Å². The highest BCUT2D eigenvalue weighted by molar-refractivity contribution is 5.81. The molecule has 0 aromatic carbocycles. The van der Waals surface area contributed by atoms with Crippen molar-refractivity contribution in [3.05, 3.63) is 0 Å². The summed E-state index contributed by atoms with van der Waals surface area (Å²) in [5.41, 5.74) is 5.41. The Morgan fingerprint density at radius 1 is 1.43 bits per heavy atom. The van der Waals surface area contributed by atoms with Gasteiger partial charge in [-0.1, -0.05) is 6.92 Å². The summed E-state index contributed by atoms with van der Waals surface area (Å²) in [5.74, 6) is -0.831. The Morgan fingerprint density at radius 2 is 1.93 bits per heavy atom. The van der Waals surface area contributed by atoms with Crippen LogP contribution in [0.25, 0.3) is 0 Å². The van der Waals surface area contributed by atoms with Crippen molar-refractivity contribution in [1.82, 2.24) is 4.90 Å². The number of carbonyl (C=O) groups excluding carboxylic acids is 2. The van der Waals surface area contributed by atoms with Crippen LogP contribution in [0.2, 0.25) is 0 Å². The Morgan fingerprint density at radius 3 is 2.29 bits per heavy atom. The minimum atomic E-state index is -0.537. The molecule has 14 heavy (non-hydrogen) atoms. The maximum Gasteiger partial charge on any atom is 0.310 e. The molecule has 0 saturated heterocycles. The molecule has 0 aromatic rings. The summed E-state index contributed by atoms with van der Waals surface area (Å²) in [6.45, 7) is 3.64. The highest BCUT2D eigenvalue weighted by atomic mass is 16.5. The van der Waals surface area contributed by atoms with Gasteiger partial charge in [-0.05, 0) is 6.92 Å². The molecule has 1 amide bonds. The third kappa shape index (κ3) is 3.74. The number of carbonyl (C=O) groups is 2. The van der Waals surface area contributed by atoms with Gasteiger partial charge in [-0.2, -0.15) is 0 Å². The highest BCUT2D eigenvalue weighted by Crippen LogP contribution is 2.01. The van der Waals surface area contributed by atoms with Crippen LogP contribution >= 0.6 is 0 Å². The third-order valence-electron chi connectivity index (χ3n) is 1.92. The molecule has 0 aliphatic heterocycles. The van der Waals surface area contributed by atoms with Crippen molar-refractivity contribution in [2.45, 2.75) is 19.9 Å². The number of ether oxygens (including phenoxy) is 1. The van der Waals surface area contributed by atoms with Gasteiger partial charge in [0.15, 0.2) is 0 Å². The predicted octanol–water partition coefficient (Wildman–Crippen LogP) is -0.399. The van der Waals surface area contributed by atoms with Gasteiger partial charge in [0.1, 0.15) is 0 Å². The number of nitrogens with two attached hydrogens (primary N) is 1. The summed E-state index contributed by atoms with van der Waals surface area (Å²) in [7, 11) is 2.94. The standard InChI is InChI=1S/C9H18N2O3/c1-6(9(13)14-4)5-11(3)8(12)7(2)10/h6-7H,5,10H2,1-4H3/t6?,7-/m0/s1. The number of rotatable bonds is 4. The molecular formula is C9H18N2O3. The molecule has 0 saturated carbocycles. The first kappa shape index (κ1) is 12.9. The van der Waals surface area contributed by atoms with Gasteiger partial charge in [0, 0.05) is 13.6 Å². The number of likely N-dealkylation sites (N-methyl/N-ethyl adjacent to an activating group) is 1. The van der Waals surface area contributed by atoms with Gasteiger partial charge in [0.25, 0.3) is 0 Å². The summed E-state index contributed by atoms with van der Waals surface area (Å²) in [6, 6.07) is -0.537. The van der Waals surface area contributed by atoms with E-state index >= 15 is 0 Å². The van der Waals surface area contributed by atoms with Gasteiger partial charge in [-0.15, -0.1) is 0 Å². The third-order valence-corrected chi connectivity index (χ3v) is 1.92. The molecule has 0 radical (unpaired) electrons. The second-order valence-electron chi connectivity index (χ2n) is 3.43. The van der Waals surface area contributed by atoms with Crippen molar-refractivity contribution in [2.24, 2.45) is 11.7 Å². The van der Waals surface area contributed by atoms with Crippen LogP contribution < -0.4 is 5.73 Å². The van der Waals surface area contributed by atoms with Crippen LogP contribution in [0, 0.1) is 5.92 Å². The zero-order valence-electron chi connectivity index (χ0n) is 9.11. The van der Waals surface area contributed by atoms with E-state index in [9.17, 15) is 9.59 Å². The molecule has 82 valence electrons. The van der Waals surface area contributed by atoms with E-state index in [1.54, 1.807) is 20.9 Å². The fraction of sp³-hybridized carbons (Fsp3) is 0.778. The second kappa shape index (κ2) is 5.59. The van der Waals surface area contributed by atoms with Crippen LogP contribution in [0.4, 0.5) is 0 Å². The molecule has 1 unspecified atom stereocenters. The summed E-state index contributed by atoms with van der Waals surface area (Å²) in [4.78, 5) is 23.8. The lowest BCUT2D eigenvalue weighted by Crippen LogP contribution is -2.42. The Hall–Kier alpha value is -1.10. The minimum Gasteiger partial charge on any atom is -0.469 e. The van der Waals surface area contributed by atoms with Crippen LogP contribution in [-0.2, 0) is 14.3 Å². The lowest BCUT2D eigenvalue weighted by molar-refractivity contribution is -0.146. The largest absolute Gasteiger partial charge is 0.469 e. The summed E-state index contributed by atoms with van der Waals surface area (Å²) in [5, 5.41) is 0. The maximum atomic E-state index is 11.3. The predicted molar refractivity (Wildman–Crippen MR) is 52.5 cm³/mol. The van der Waals surface area contributed by atoms with Gasteiger partial charge in [0.05, 0.1) is 19.1 Å². The average Bonchev–Trinajstić information content (AvgIpc) is 2.14. The molecule has 0 rings (SSSR count). The van der Waals surface area contributed by atoms with E-state index in [1.807, 2.05) is 0 Å². The van der Waals surface area contributed by atoms with Crippen molar-refractivity contribution in [2.75, 3.05) is 20.7 Å². The number of nitrogens with zero attached hydrogens (tertiary/aromatic N) is 1. The van der Waals surface area contributed by atoms with Crippen molar-refractivity contribution >= 4 is 11.9 Å². The smallest absolute Gasteiger partial charge is 0.310 e. The van der Waals surface area contributed by atoms with Gasteiger partial charge in [-0.25, -0.2) is 0 Å². The number of hydrogen-bond donors (Lipinski definition) is 1. The fourth-order valence-corrected chi connectivity index (χ4v) is 1.12. The maximum absolute atomic E-state index is 11.3. The normalized spacial score (nSPS) is 14.4. The highest BCUT2D eigenvalue weighted by Gasteiger charge is 2.20. The number of esters is 1. The summed E-state index contributed by atoms with van der Waals surface area (Å²) >= 11 is 0. The van der Waals surface area contributed by atoms with Crippen molar-refractivity contribution in [1.29, 1.82) is 0 Å². The van der Waals surface area contributed by atoms with E-state index in [1.165, 1.54) is 12.0 Å². The van der Waals surface area contributed by atoms with Gasteiger partial charge in [-0.3, -0.25) is 9.59 Å². The van der Waals surface area contributed by atoms with E-state index in [0.717, 1.165) is 0 Å². The number of methoxy groups -OCH3 is 1. The summed E-state index contributed by atoms with van der Waals surface area (Å²) in [6.07, 6.45) is 0. The van der Waals surface area contributed by atoms with Gasteiger partial charge < -0.3 is 15.4 Å². The lowest BCUT2D eigenvalue weighted by atomic mass is 10.1. The molecule has 0 aliphatic rings. The van der Waals surface area contributed by atoms with Crippen LogP contribution in [0.1, 0.15) is 13.8 Å². The quantitative estimate of drug-likeness (QED) is 0.630. The van der Waals surface area contributed by atoms with E-state index in [0.29, 0.717) is 6.54 Å². The molecule has 0 bridgehead atoms. The average molecular weight is 202 g/mol. The van der Waals surface area contributed by atoms with Crippen LogP contribution in [0.5, 0.6) is 0 Å². The first-order chi connectivity index (χ1) is 6.40. The Kier molecular flexibility index (Phi) is 5.15. The van der Waals surface area contributed by atoms with E-state index < -0.39 is 6.04 Å². The first-order valence-electron chi connectivity index (χ1n) is 4.48. The molecule has 5 heteroatoms. The summed E-state index contributed by atoms with van der Waals surface area (Å²) < 4.78 is 4.54. The molecule has 0 spiro atoms. The van der Waals surface area contributed by atoms with E-state index in [-0.39, 0.29) is 17.8 Å². The van der Waals surface area contributed by atoms with Crippen LogP contribution in [0.15, 0.2) is 0 Å². The number of amides is 1. The molecule has 0 aromatic heterocycles. The molecule has 0 heterocycles. The van der Waals surface area contributed by atoms with Gasteiger partial charge in [0.2, 0.25) is 5.91 Å². The second-order valence-corrected chi connectivity index (χ2v) is 3.43. The zero-order chi connectivity index (χ0) is 11.3. The van der Waals surface area contributed by atoms with Crippen molar-refractivity contribution < 1.29 is 14.3 Å². The van der Waals surface area contributed by atoms with Crippen LogP contribution in [-0.4, -0.2) is 43.5 Å². The fourth-order valence-electron chi connectivity index (χ4n) is 1.12. The Balaban J connectivity index is 4.12. The molecule has 0 aliphatic carbocycles. The molecule has 5 nitrogen and oxygen atoms in total. The van der Waals surface area contributed by atoms with E-state index in [2.05, 4.69) is 4.74 Å². The molecule has 2 N–H and O–H groups in total. The molecule has 0 fully saturated rings. The lowest BCUT2D eigenvalue weighted by Gasteiger charge is -2.21. The van der Waals surface area contributed by atoms with E-state index in [4.69, 9.17) is 5.73 Å². The Labute approximate surface area is 84.2 Å². The minimum absolute atomic E-state index is 0.180.